The number of rotatable bonds is 4. The van der Waals surface area contributed by atoms with Crippen molar-refractivity contribution >= 4 is 34.2 Å². The van der Waals surface area contributed by atoms with Crippen LogP contribution in [0.15, 0.2) is 33.9 Å². The highest BCUT2D eigenvalue weighted by Gasteiger charge is 2.23. The van der Waals surface area contributed by atoms with Gasteiger partial charge in [0.2, 0.25) is 0 Å². The van der Waals surface area contributed by atoms with Crippen molar-refractivity contribution in [2.45, 2.75) is 20.3 Å². The summed E-state index contributed by atoms with van der Waals surface area (Å²) in [7, 11) is 2.86. The highest BCUT2D eigenvalue weighted by atomic mass is 16.2. The van der Waals surface area contributed by atoms with Crippen LogP contribution in [0.3, 0.4) is 0 Å². The average molecular weight is 395 g/mol. The molecule has 3 rings (SSSR count). The molecule has 9 nitrogen and oxygen atoms in total. The highest BCUT2D eigenvalue weighted by molar-refractivity contribution is 6.11. The van der Waals surface area contributed by atoms with Gasteiger partial charge in [-0.3, -0.25) is 23.5 Å². The molecule has 1 aromatic carbocycles. The molecule has 0 radical (unpaired) electrons. The summed E-state index contributed by atoms with van der Waals surface area (Å²) in [6, 6.07) is 6.49. The summed E-state index contributed by atoms with van der Waals surface area (Å²) < 4.78 is 2.20. The second-order valence-corrected chi connectivity index (χ2v) is 6.70. The van der Waals surface area contributed by atoms with Crippen LogP contribution in [0.5, 0.6) is 0 Å². The number of amides is 1. The van der Waals surface area contributed by atoms with Gasteiger partial charge in [0.05, 0.1) is 10.9 Å². The van der Waals surface area contributed by atoms with Crippen LogP contribution in [0.2, 0.25) is 0 Å². The lowest BCUT2D eigenvalue weighted by atomic mass is 10.0. The number of ketones is 1. The van der Waals surface area contributed by atoms with Crippen molar-refractivity contribution in [3.05, 3.63) is 61.8 Å². The molecule has 9 heteroatoms. The number of Topliss-reactive ketones (excluding diaryl/α,β-unsaturated/α-hetero) is 1. The highest BCUT2D eigenvalue weighted by Crippen LogP contribution is 2.24. The quantitative estimate of drug-likeness (QED) is 0.639. The van der Waals surface area contributed by atoms with Crippen LogP contribution in [0.1, 0.15) is 40.1 Å². The zero-order chi connectivity index (χ0) is 21.5. The Balaban J connectivity index is 2.22. The first-order valence-corrected chi connectivity index (χ1v) is 8.97. The number of hydrogen-bond acceptors (Lipinski definition) is 6. The number of nitrogens with zero attached hydrogens (tertiary/aromatic N) is 3. The number of aromatic nitrogens is 3. The summed E-state index contributed by atoms with van der Waals surface area (Å²) in [6.07, 6.45) is 0.326. The van der Waals surface area contributed by atoms with Gasteiger partial charge in [-0.25, -0.2) is 9.78 Å². The molecule has 0 unspecified atom stereocenters. The van der Waals surface area contributed by atoms with E-state index in [1.807, 2.05) is 0 Å². The molecule has 0 spiro atoms. The normalized spacial score (nSPS) is 10.9. The summed E-state index contributed by atoms with van der Waals surface area (Å²) in [5.41, 5.74) is 6.45. The molecule has 0 saturated carbocycles. The van der Waals surface area contributed by atoms with Crippen LogP contribution in [-0.2, 0) is 20.5 Å². The monoisotopic (exact) mass is 395 g/mol. The zero-order valence-electron chi connectivity index (χ0n) is 16.6. The Hall–Kier alpha value is -3.75. The Morgan fingerprint density at radius 1 is 1.17 bits per heavy atom. The van der Waals surface area contributed by atoms with Crippen LogP contribution >= 0.6 is 0 Å². The Kier molecular flexibility index (Phi) is 5.06. The van der Waals surface area contributed by atoms with Crippen LogP contribution in [-0.4, -0.2) is 25.8 Å². The molecule has 0 saturated heterocycles. The molecule has 2 heterocycles. The molecule has 0 fully saturated rings. The summed E-state index contributed by atoms with van der Waals surface area (Å²) in [6.45, 7) is 3.22. The standard InChI is InChI=1S/C20H21N5O4/c1-5-13-14(18(27)22-12-8-6-7-11(9-12)10(2)26)16(21)23-17-15(13)19(28)25(4)20(29)24(17)3/h6-9H,5H2,1-4H3,(H2,21,23)(H,22,27). The number of carbonyl (C=O) groups excluding carboxylic acids is 2. The Morgan fingerprint density at radius 3 is 2.48 bits per heavy atom. The Bertz CT molecular complexity index is 1290. The van der Waals surface area contributed by atoms with E-state index in [4.69, 9.17) is 5.73 Å². The fourth-order valence-corrected chi connectivity index (χ4v) is 3.29. The number of nitrogens with one attached hydrogen (secondary N) is 1. The van der Waals surface area contributed by atoms with E-state index < -0.39 is 17.2 Å². The first-order valence-electron chi connectivity index (χ1n) is 8.97. The van der Waals surface area contributed by atoms with Crippen LogP contribution < -0.4 is 22.3 Å². The number of fused-ring (bicyclic) bond motifs is 1. The van der Waals surface area contributed by atoms with Gasteiger partial charge < -0.3 is 11.1 Å². The molecular formula is C20H21N5O4. The van der Waals surface area contributed by atoms with Crippen molar-refractivity contribution in [3.63, 3.8) is 0 Å². The predicted octanol–water partition coefficient (Wildman–Crippen LogP) is 1.23. The van der Waals surface area contributed by atoms with Gasteiger partial charge >= 0.3 is 5.69 Å². The lowest BCUT2D eigenvalue weighted by Crippen LogP contribution is -2.38. The zero-order valence-corrected chi connectivity index (χ0v) is 16.6. The number of pyridine rings is 1. The van der Waals surface area contributed by atoms with Crippen molar-refractivity contribution in [1.82, 2.24) is 14.1 Å². The topological polar surface area (TPSA) is 129 Å². The van der Waals surface area contributed by atoms with Crippen molar-refractivity contribution in [3.8, 4) is 0 Å². The third kappa shape index (κ3) is 3.31. The number of anilines is 2. The van der Waals surface area contributed by atoms with Crippen molar-refractivity contribution in [2.24, 2.45) is 14.1 Å². The summed E-state index contributed by atoms with van der Waals surface area (Å²) in [4.78, 5) is 53.7. The van der Waals surface area contributed by atoms with Gasteiger partial charge in [-0.1, -0.05) is 19.1 Å². The maximum absolute atomic E-state index is 13.0. The van der Waals surface area contributed by atoms with Crippen molar-refractivity contribution in [1.29, 1.82) is 0 Å². The summed E-state index contributed by atoms with van der Waals surface area (Å²) >= 11 is 0. The molecule has 0 aliphatic rings. The van der Waals surface area contributed by atoms with Gasteiger partial charge in [0, 0.05) is 25.3 Å². The van der Waals surface area contributed by atoms with Gasteiger partial charge in [-0.2, -0.15) is 0 Å². The second-order valence-electron chi connectivity index (χ2n) is 6.70. The predicted molar refractivity (Wildman–Crippen MR) is 110 cm³/mol. The smallest absolute Gasteiger partial charge is 0.332 e. The molecule has 2 aromatic heterocycles. The lowest BCUT2D eigenvalue weighted by Gasteiger charge is -2.16. The van der Waals surface area contributed by atoms with Gasteiger partial charge in [0.15, 0.2) is 11.4 Å². The molecule has 0 atom stereocenters. The Morgan fingerprint density at radius 2 is 1.86 bits per heavy atom. The van der Waals surface area contributed by atoms with E-state index in [-0.39, 0.29) is 28.2 Å². The number of aryl methyl sites for hydroxylation is 2. The van der Waals surface area contributed by atoms with E-state index in [0.29, 0.717) is 23.2 Å². The van der Waals surface area contributed by atoms with Gasteiger partial charge in [-0.05, 0) is 31.0 Å². The molecule has 3 aromatic rings. The first-order chi connectivity index (χ1) is 13.7. The van der Waals surface area contributed by atoms with E-state index in [2.05, 4.69) is 10.3 Å². The molecular weight excluding hydrogens is 374 g/mol. The van der Waals surface area contributed by atoms with Gasteiger partial charge in [-0.15, -0.1) is 0 Å². The SMILES string of the molecule is CCc1c(C(=O)Nc2cccc(C(C)=O)c2)c(N)nc2c1c(=O)n(C)c(=O)n2C. The number of benzene rings is 1. The van der Waals surface area contributed by atoms with Gasteiger partial charge in [0.25, 0.3) is 11.5 Å². The minimum absolute atomic E-state index is 0.0731. The maximum Gasteiger partial charge on any atom is 0.332 e. The third-order valence-electron chi connectivity index (χ3n) is 4.83. The molecule has 29 heavy (non-hydrogen) atoms. The van der Waals surface area contributed by atoms with Crippen LogP contribution in [0, 0.1) is 0 Å². The number of nitrogen functional groups attached to an aromatic ring is 1. The first kappa shape index (κ1) is 20.0. The molecule has 0 aliphatic carbocycles. The van der Waals surface area contributed by atoms with Gasteiger partial charge in [0.1, 0.15) is 5.82 Å². The molecule has 150 valence electrons. The summed E-state index contributed by atoms with van der Waals surface area (Å²) in [5, 5.41) is 2.88. The second kappa shape index (κ2) is 7.34. The molecule has 3 N–H and O–H groups in total. The van der Waals surface area contributed by atoms with Crippen LogP contribution in [0.4, 0.5) is 11.5 Å². The number of hydrogen-bond donors (Lipinski definition) is 2. The fraction of sp³-hybridized carbons (Fsp3) is 0.250. The minimum atomic E-state index is -0.551. The van der Waals surface area contributed by atoms with Crippen molar-refractivity contribution < 1.29 is 9.59 Å². The maximum atomic E-state index is 13.0. The molecule has 1 amide bonds. The van der Waals surface area contributed by atoms with E-state index in [0.717, 1.165) is 4.57 Å². The number of nitrogens with two attached hydrogens (primary N) is 1. The summed E-state index contributed by atoms with van der Waals surface area (Å²) in [5.74, 6) is -0.769. The minimum Gasteiger partial charge on any atom is -0.383 e. The average Bonchev–Trinajstić information content (AvgIpc) is 2.69. The third-order valence-corrected chi connectivity index (χ3v) is 4.83. The number of carbonyl (C=O) groups is 2. The molecule has 0 aliphatic heterocycles. The molecule has 0 bridgehead atoms. The van der Waals surface area contributed by atoms with E-state index in [1.165, 1.54) is 25.6 Å². The van der Waals surface area contributed by atoms with Crippen LogP contribution in [0.25, 0.3) is 11.0 Å². The van der Waals surface area contributed by atoms with E-state index >= 15 is 0 Å². The lowest BCUT2D eigenvalue weighted by molar-refractivity contribution is 0.101. The Labute approximate surface area is 165 Å². The van der Waals surface area contributed by atoms with Crippen molar-refractivity contribution in [2.75, 3.05) is 11.1 Å². The largest absolute Gasteiger partial charge is 0.383 e. The van der Waals surface area contributed by atoms with E-state index in [9.17, 15) is 19.2 Å². The van der Waals surface area contributed by atoms with E-state index in [1.54, 1.807) is 31.2 Å². The fourth-order valence-electron chi connectivity index (χ4n) is 3.29.